The van der Waals surface area contributed by atoms with Gasteiger partial charge in [-0.2, -0.15) is 0 Å². The average Bonchev–Trinajstić information content (AvgIpc) is 3.29. The summed E-state index contributed by atoms with van der Waals surface area (Å²) >= 11 is 5.88. The number of aromatic nitrogens is 2. The molecule has 0 bridgehead atoms. The molecule has 0 spiro atoms. The van der Waals surface area contributed by atoms with Crippen LogP contribution in [0.15, 0.2) is 30.6 Å². The highest BCUT2D eigenvalue weighted by atomic mass is 35.5. The van der Waals surface area contributed by atoms with E-state index in [2.05, 4.69) is 14.9 Å². The number of nitrogens with zero attached hydrogens (tertiary/aromatic N) is 5. The van der Waals surface area contributed by atoms with E-state index in [1.807, 2.05) is 4.90 Å². The highest BCUT2D eigenvalue weighted by molar-refractivity contribution is 6.30. The van der Waals surface area contributed by atoms with Gasteiger partial charge in [0.15, 0.2) is 0 Å². The molecule has 4 rings (SSSR count). The van der Waals surface area contributed by atoms with Crippen LogP contribution in [0.4, 0.5) is 10.3 Å². The number of rotatable bonds is 14. The summed E-state index contributed by atoms with van der Waals surface area (Å²) in [6, 6.07) is 4.60. The van der Waals surface area contributed by atoms with Gasteiger partial charge >= 0.3 is 0 Å². The van der Waals surface area contributed by atoms with Gasteiger partial charge in [0.2, 0.25) is 11.9 Å². The second-order valence-corrected chi connectivity index (χ2v) is 12.3. The van der Waals surface area contributed by atoms with E-state index in [0.717, 1.165) is 38.8 Å². The third-order valence-corrected chi connectivity index (χ3v) is 8.80. The Hall–Kier alpha value is -2.65. The van der Waals surface area contributed by atoms with Crippen LogP contribution in [-0.4, -0.2) is 135 Å². The number of carbonyl (C=O) groups excluding carboxylic acids is 1. The lowest BCUT2D eigenvalue weighted by Gasteiger charge is -2.31. The van der Waals surface area contributed by atoms with Crippen molar-refractivity contribution >= 4 is 23.5 Å². The molecule has 0 saturated carbocycles. The molecule has 2 saturated heterocycles. The Morgan fingerprint density at radius 2 is 1.71 bits per heavy atom. The zero-order valence-electron chi connectivity index (χ0n) is 25.4. The van der Waals surface area contributed by atoms with Gasteiger partial charge in [-0.3, -0.25) is 9.69 Å². The quantitative estimate of drug-likeness (QED) is 0.184. The minimum absolute atomic E-state index is 0.0213. The van der Waals surface area contributed by atoms with Crippen molar-refractivity contribution in [2.24, 2.45) is 5.92 Å². The largest absolute Gasteiger partial charge is 0.493 e. The van der Waals surface area contributed by atoms with E-state index in [9.17, 15) is 29.6 Å². The normalized spacial score (nSPS) is 19.5. The molecule has 3 heterocycles. The van der Waals surface area contributed by atoms with Gasteiger partial charge in [0.05, 0.1) is 43.2 Å². The first-order chi connectivity index (χ1) is 21.6. The zero-order chi connectivity index (χ0) is 32.3. The number of carbonyl (C=O) groups is 1. The standard InChI is InChI=1S/C31H45ClFN5O7/c32-23-17-34-31(35-18-23)38-10-6-21(7-11-38)3-1-14-45-24-5-4-22(25(33)16-24)15-28(42)37-9-2-8-36(12-13-37)19-26(40)29(43)30(44)27(41)20-39/h4-5,16-18,21,26-27,29-30,39-41,43-44H,1-3,6-15,19-20H2/t26-,27+,29+,30+/m0/s1. The van der Waals surface area contributed by atoms with Crippen LogP contribution in [0.25, 0.3) is 0 Å². The Morgan fingerprint density at radius 1 is 1.00 bits per heavy atom. The van der Waals surface area contributed by atoms with Gasteiger partial charge in [-0.25, -0.2) is 14.4 Å². The fourth-order valence-electron chi connectivity index (χ4n) is 5.83. The van der Waals surface area contributed by atoms with Crippen LogP contribution in [0.1, 0.15) is 37.7 Å². The van der Waals surface area contributed by atoms with E-state index in [1.165, 1.54) is 6.07 Å². The van der Waals surface area contributed by atoms with Crippen LogP contribution in [0.2, 0.25) is 5.02 Å². The maximum atomic E-state index is 14.9. The Labute approximate surface area is 268 Å². The lowest BCUT2D eigenvalue weighted by Crippen LogP contribution is -2.50. The molecule has 250 valence electrons. The van der Waals surface area contributed by atoms with E-state index in [4.69, 9.17) is 21.4 Å². The monoisotopic (exact) mass is 653 g/mol. The Kier molecular flexibility index (Phi) is 13.5. The zero-order valence-corrected chi connectivity index (χ0v) is 26.2. The molecule has 0 unspecified atom stereocenters. The predicted molar refractivity (Wildman–Crippen MR) is 166 cm³/mol. The number of aliphatic hydroxyl groups is 5. The summed E-state index contributed by atoms with van der Waals surface area (Å²) in [6.45, 7) is 3.34. The van der Waals surface area contributed by atoms with Crippen molar-refractivity contribution in [3.8, 4) is 5.75 Å². The van der Waals surface area contributed by atoms with Gasteiger partial charge in [0, 0.05) is 45.3 Å². The summed E-state index contributed by atoms with van der Waals surface area (Å²) in [5, 5.41) is 49.2. The third-order valence-electron chi connectivity index (χ3n) is 8.61. The smallest absolute Gasteiger partial charge is 0.227 e. The van der Waals surface area contributed by atoms with Gasteiger partial charge in [0.25, 0.3) is 0 Å². The first kappa shape index (κ1) is 35.2. The van der Waals surface area contributed by atoms with Gasteiger partial charge in [-0.15, -0.1) is 0 Å². The van der Waals surface area contributed by atoms with Crippen molar-refractivity contribution in [3.05, 3.63) is 47.0 Å². The SMILES string of the molecule is O=C(Cc1ccc(OCCCC2CCN(c3ncc(Cl)cn3)CC2)cc1F)N1CCCN(C[C@H](O)[C@@H](O)[C@H](O)[C@H](O)CO)CC1. The van der Waals surface area contributed by atoms with Gasteiger partial charge < -0.3 is 40.1 Å². The van der Waals surface area contributed by atoms with Crippen molar-refractivity contribution in [1.29, 1.82) is 0 Å². The van der Waals surface area contributed by atoms with Crippen LogP contribution in [0.5, 0.6) is 5.75 Å². The van der Waals surface area contributed by atoms with E-state index >= 15 is 0 Å². The molecule has 12 nitrogen and oxygen atoms in total. The number of ether oxygens (including phenoxy) is 1. The van der Waals surface area contributed by atoms with Gasteiger partial charge in [-0.05, 0) is 56.2 Å². The van der Waals surface area contributed by atoms with Crippen LogP contribution >= 0.6 is 11.6 Å². The molecule has 2 aliphatic heterocycles. The van der Waals surface area contributed by atoms with E-state index in [1.54, 1.807) is 29.4 Å². The van der Waals surface area contributed by atoms with Crippen molar-refractivity contribution < 1.29 is 39.5 Å². The van der Waals surface area contributed by atoms with Crippen molar-refractivity contribution in [2.75, 3.05) is 63.9 Å². The Bertz CT molecular complexity index is 1210. The number of halogens is 2. The van der Waals surface area contributed by atoms with Crippen molar-refractivity contribution in [3.63, 3.8) is 0 Å². The summed E-state index contributed by atoms with van der Waals surface area (Å²) in [5.74, 6) is 1.02. The molecular weight excluding hydrogens is 609 g/mol. The number of hydrogen-bond acceptors (Lipinski definition) is 11. The van der Waals surface area contributed by atoms with Crippen LogP contribution in [-0.2, 0) is 11.2 Å². The molecule has 14 heteroatoms. The second kappa shape index (κ2) is 17.3. The fraction of sp³-hybridized carbons (Fsp3) is 0.645. The summed E-state index contributed by atoms with van der Waals surface area (Å²) in [5.41, 5.74) is 0.292. The topological polar surface area (TPSA) is 163 Å². The van der Waals surface area contributed by atoms with Crippen LogP contribution < -0.4 is 9.64 Å². The van der Waals surface area contributed by atoms with E-state index in [-0.39, 0.29) is 18.9 Å². The molecule has 1 amide bonds. The number of anilines is 1. The average molecular weight is 654 g/mol. The molecule has 2 aromatic rings. The first-order valence-corrected chi connectivity index (χ1v) is 16.0. The van der Waals surface area contributed by atoms with Crippen LogP contribution in [0.3, 0.4) is 0 Å². The number of aliphatic hydroxyl groups excluding tert-OH is 5. The van der Waals surface area contributed by atoms with E-state index < -0.39 is 36.8 Å². The summed E-state index contributed by atoms with van der Waals surface area (Å²) < 4.78 is 20.7. The number of benzene rings is 1. The molecule has 0 radical (unpaired) electrons. The lowest BCUT2D eigenvalue weighted by atomic mass is 9.92. The highest BCUT2D eigenvalue weighted by Gasteiger charge is 2.32. The molecule has 2 fully saturated rings. The third kappa shape index (κ3) is 10.4. The van der Waals surface area contributed by atoms with Crippen molar-refractivity contribution in [1.82, 2.24) is 19.8 Å². The van der Waals surface area contributed by atoms with Gasteiger partial charge in [-0.1, -0.05) is 17.7 Å². The first-order valence-electron chi connectivity index (χ1n) is 15.6. The molecular formula is C31H45ClFN5O7. The molecule has 4 atom stereocenters. The maximum Gasteiger partial charge on any atom is 0.227 e. The highest BCUT2D eigenvalue weighted by Crippen LogP contribution is 2.25. The molecule has 1 aromatic heterocycles. The van der Waals surface area contributed by atoms with E-state index in [0.29, 0.717) is 67.4 Å². The lowest BCUT2D eigenvalue weighted by molar-refractivity contribution is -0.130. The summed E-state index contributed by atoms with van der Waals surface area (Å²) in [4.78, 5) is 27.3. The maximum absolute atomic E-state index is 14.9. The molecule has 1 aromatic carbocycles. The number of piperidine rings is 1. The molecule has 0 aliphatic carbocycles. The molecule has 2 aliphatic rings. The minimum atomic E-state index is -1.69. The second-order valence-electron chi connectivity index (χ2n) is 11.9. The molecule has 45 heavy (non-hydrogen) atoms. The van der Waals surface area contributed by atoms with Crippen LogP contribution in [0, 0.1) is 11.7 Å². The number of β-amino-alcohol motifs (C(OH)–C–C–N with tert-alkyl or cyclic N) is 1. The van der Waals surface area contributed by atoms with Gasteiger partial charge in [0.1, 0.15) is 29.9 Å². The fourth-order valence-corrected chi connectivity index (χ4v) is 5.92. The Morgan fingerprint density at radius 3 is 2.40 bits per heavy atom. The van der Waals surface area contributed by atoms with Crippen molar-refractivity contribution in [2.45, 2.75) is 62.9 Å². The minimum Gasteiger partial charge on any atom is -0.493 e. The summed E-state index contributed by atoms with van der Waals surface area (Å²) in [7, 11) is 0. The number of amides is 1. The predicted octanol–water partition coefficient (Wildman–Crippen LogP) is 0.857. The number of hydrogen-bond donors (Lipinski definition) is 5. The Balaban J connectivity index is 1.15. The summed E-state index contributed by atoms with van der Waals surface area (Å²) in [6.07, 6.45) is 1.48. The molecule has 5 N–H and O–H groups in total.